The molecular formula is C28H35F7N2O3. The van der Waals surface area contributed by atoms with Crippen molar-refractivity contribution in [2.24, 2.45) is 5.41 Å². The summed E-state index contributed by atoms with van der Waals surface area (Å²) < 4.78 is 87.1. The van der Waals surface area contributed by atoms with Crippen LogP contribution in [0.3, 0.4) is 0 Å². The lowest BCUT2D eigenvalue weighted by atomic mass is 9.71. The van der Waals surface area contributed by atoms with Gasteiger partial charge in [-0.05, 0) is 63.1 Å². The number of hydrogen-bond donors (Lipinski definition) is 1. The number of amides is 1. The summed E-state index contributed by atoms with van der Waals surface area (Å²) in [5.74, 6) is -0.520. The van der Waals surface area contributed by atoms with Crippen LogP contribution in [-0.4, -0.2) is 36.2 Å². The second-order valence-corrected chi connectivity index (χ2v) is 9.78. The monoisotopic (exact) mass is 580 g/mol. The van der Waals surface area contributed by atoms with E-state index in [4.69, 9.17) is 4.79 Å². The number of pyridine rings is 1. The van der Waals surface area contributed by atoms with Crippen molar-refractivity contribution in [1.29, 1.82) is 0 Å². The molecule has 1 N–H and O–H groups in total. The van der Waals surface area contributed by atoms with Gasteiger partial charge in [-0.2, -0.15) is 26.3 Å². The van der Waals surface area contributed by atoms with Gasteiger partial charge in [0.1, 0.15) is 24.4 Å². The van der Waals surface area contributed by atoms with Gasteiger partial charge in [-0.25, -0.2) is 4.39 Å². The standard InChI is InChI=1S/C16H20F4N2O.C8H7F3.C3H6O.CH2O/c1-14(5-7-15(2,17)8-6-14)10-22-13(23)12-4-3-11(9-21-12)16(18,19)20;1-6-3-2-4-7(5-6)8(9,10)11;1-2-3-4;1-2/h3-4,9H,5-8,10H2,1-2H3,(H,22,23);2-5H,1H3;3H,2H2,1H3;1H2. The van der Waals surface area contributed by atoms with Gasteiger partial charge in [0.15, 0.2) is 0 Å². The summed E-state index contributed by atoms with van der Waals surface area (Å²) >= 11 is 0. The number of hydrogen-bond acceptors (Lipinski definition) is 4. The molecule has 1 aromatic carbocycles. The van der Waals surface area contributed by atoms with Crippen molar-refractivity contribution in [2.45, 2.75) is 77.8 Å². The third-order valence-electron chi connectivity index (χ3n) is 6.01. The van der Waals surface area contributed by atoms with Gasteiger partial charge in [-0.3, -0.25) is 9.78 Å². The molecule has 0 radical (unpaired) electrons. The van der Waals surface area contributed by atoms with E-state index in [-0.39, 0.29) is 11.1 Å². The maximum atomic E-state index is 13.8. The quantitative estimate of drug-likeness (QED) is 0.299. The van der Waals surface area contributed by atoms with Gasteiger partial charge in [0.2, 0.25) is 0 Å². The van der Waals surface area contributed by atoms with Gasteiger partial charge in [0.05, 0.1) is 11.1 Å². The Labute approximate surface area is 229 Å². The second kappa shape index (κ2) is 16.1. The molecule has 0 atom stereocenters. The van der Waals surface area contributed by atoms with Crippen LogP contribution in [0.25, 0.3) is 0 Å². The predicted octanol–water partition coefficient (Wildman–Crippen LogP) is 7.56. The molecule has 1 aliphatic rings. The molecule has 1 amide bonds. The third kappa shape index (κ3) is 13.7. The first-order chi connectivity index (χ1) is 18.4. The van der Waals surface area contributed by atoms with Crippen LogP contribution in [-0.2, 0) is 21.9 Å². The minimum Gasteiger partial charge on any atom is -0.350 e. The first-order valence-electron chi connectivity index (χ1n) is 12.3. The summed E-state index contributed by atoms with van der Waals surface area (Å²) in [6.45, 7) is 9.35. The van der Waals surface area contributed by atoms with Gasteiger partial charge in [-0.15, -0.1) is 0 Å². The predicted molar refractivity (Wildman–Crippen MR) is 137 cm³/mol. The molecule has 1 heterocycles. The summed E-state index contributed by atoms with van der Waals surface area (Å²) in [5.41, 5.74) is -2.27. The fourth-order valence-electron chi connectivity index (χ4n) is 3.45. The molecule has 1 saturated carbocycles. The van der Waals surface area contributed by atoms with E-state index in [1.165, 1.54) is 6.07 Å². The topological polar surface area (TPSA) is 76.1 Å². The zero-order chi connectivity index (χ0) is 31.2. The van der Waals surface area contributed by atoms with Crippen molar-refractivity contribution in [2.75, 3.05) is 6.54 Å². The van der Waals surface area contributed by atoms with Gasteiger partial charge in [0.25, 0.3) is 5.91 Å². The second-order valence-electron chi connectivity index (χ2n) is 9.78. The Morgan fingerprint density at radius 2 is 1.50 bits per heavy atom. The van der Waals surface area contributed by atoms with Crippen LogP contribution in [0, 0.1) is 12.3 Å². The highest BCUT2D eigenvalue weighted by Gasteiger charge is 2.38. The van der Waals surface area contributed by atoms with Crippen LogP contribution >= 0.6 is 0 Å². The number of benzene rings is 1. The van der Waals surface area contributed by atoms with Crippen LogP contribution in [0.5, 0.6) is 0 Å². The average Bonchev–Trinajstić information content (AvgIpc) is 2.90. The lowest BCUT2D eigenvalue weighted by molar-refractivity contribution is -0.138. The average molecular weight is 581 g/mol. The number of carbonyl (C=O) groups is 3. The Balaban J connectivity index is 0.000000741. The summed E-state index contributed by atoms with van der Waals surface area (Å²) in [5, 5.41) is 2.69. The first kappa shape index (κ1) is 36.7. The van der Waals surface area contributed by atoms with Gasteiger partial charge >= 0.3 is 12.4 Å². The lowest BCUT2D eigenvalue weighted by Crippen LogP contribution is -2.41. The number of aryl methyl sites for hydroxylation is 1. The maximum absolute atomic E-state index is 13.8. The Bertz CT molecular complexity index is 1040. The number of halogens is 7. The van der Waals surface area contributed by atoms with Crippen LogP contribution in [0.15, 0.2) is 42.6 Å². The summed E-state index contributed by atoms with van der Waals surface area (Å²) in [7, 11) is 0. The molecule has 0 bridgehead atoms. The normalized spacial score (nSPS) is 20.3. The number of carbonyl (C=O) groups excluding carboxylic acids is 3. The van der Waals surface area contributed by atoms with Crippen molar-refractivity contribution in [3.63, 3.8) is 0 Å². The van der Waals surface area contributed by atoms with Crippen LogP contribution in [0.1, 0.15) is 80.1 Å². The van der Waals surface area contributed by atoms with E-state index in [0.29, 0.717) is 50.4 Å². The minimum absolute atomic E-state index is 0.0623. The highest BCUT2D eigenvalue weighted by atomic mass is 19.4. The molecule has 0 saturated heterocycles. The van der Waals surface area contributed by atoms with Crippen molar-refractivity contribution in [3.8, 4) is 0 Å². The maximum Gasteiger partial charge on any atom is 0.417 e. The van der Waals surface area contributed by atoms with E-state index in [1.54, 1.807) is 19.9 Å². The molecule has 1 aliphatic carbocycles. The summed E-state index contributed by atoms with van der Waals surface area (Å²) in [4.78, 5) is 32.7. The third-order valence-corrected chi connectivity index (χ3v) is 6.01. The zero-order valence-corrected chi connectivity index (χ0v) is 22.9. The Morgan fingerprint density at radius 3 is 1.88 bits per heavy atom. The van der Waals surface area contributed by atoms with E-state index < -0.39 is 35.1 Å². The van der Waals surface area contributed by atoms with Crippen molar-refractivity contribution >= 4 is 19.0 Å². The minimum atomic E-state index is -4.48. The van der Waals surface area contributed by atoms with E-state index in [1.807, 2.05) is 20.6 Å². The van der Waals surface area contributed by atoms with Crippen molar-refractivity contribution < 1.29 is 45.1 Å². The Kier molecular flexibility index (Phi) is 14.7. The number of nitrogens with zero attached hydrogens (tertiary/aromatic N) is 1. The van der Waals surface area contributed by atoms with Crippen LogP contribution in [0.2, 0.25) is 0 Å². The van der Waals surface area contributed by atoms with Crippen LogP contribution in [0.4, 0.5) is 30.7 Å². The molecule has 224 valence electrons. The Hall–Kier alpha value is -3.31. The van der Waals surface area contributed by atoms with E-state index in [0.717, 1.165) is 30.6 Å². The van der Waals surface area contributed by atoms with Gasteiger partial charge in [-0.1, -0.05) is 37.6 Å². The fraction of sp³-hybridized carbons (Fsp3) is 0.500. The Morgan fingerprint density at radius 1 is 0.975 bits per heavy atom. The molecule has 1 fully saturated rings. The lowest BCUT2D eigenvalue weighted by Gasteiger charge is -2.39. The number of nitrogens with one attached hydrogen (secondary N) is 1. The summed E-state index contributed by atoms with van der Waals surface area (Å²) in [6, 6.07) is 7.11. The molecular weight excluding hydrogens is 545 g/mol. The van der Waals surface area contributed by atoms with Crippen molar-refractivity contribution in [3.05, 3.63) is 65.0 Å². The SMILES string of the molecule is C=O.CC1(F)CCC(C)(CNC(=O)c2ccc(C(F)(F)F)cn2)CC1.CCC=O.Cc1cccc(C(F)(F)F)c1. The highest BCUT2D eigenvalue weighted by Crippen LogP contribution is 2.42. The number of aromatic nitrogens is 1. The van der Waals surface area contributed by atoms with Crippen LogP contribution < -0.4 is 5.32 Å². The largest absolute Gasteiger partial charge is 0.417 e. The van der Waals surface area contributed by atoms with E-state index in [9.17, 15) is 40.3 Å². The molecule has 0 aliphatic heterocycles. The highest BCUT2D eigenvalue weighted by molar-refractivity contribution is 5.92. The van der Waals surface area contributed by atoms with Gasteiger partial charge in [0, 0.05) is 19.2 Å². The molecule has 0 spiro atoms. The van der Waals surface area contributed by atoms with Crippen molar-refractivity contribution in [1.82, 2.24) is 10.3 Å². The summed E-state index contributed by atoms with van der Waals surface area (Å²) in [6.07, 6.45) is -4.34. The van der Waals surface area contributed by atoms with E-state index in [2.05, 4.69) is 10.3 Å². The molecule has 3 rings (SSSR count). The number of rotatable bonds is 4. The fourth-order valence-corrected chi connectivity index (χ4v) is 3.45. The zero-order valence-electron chi connectivity index (χ0n) is 22.9. The molecule has 0 unspecified atom stereocenters. The van der Waals surface area contributed by atoms with E-state index >= 15 is 0 Å². The molecule has 1 aromatic heterocycles. The molecule has 5 nitrogen and oxygen atoms in total. The number of alkyl halides is 7. The number of aldehydes is 1. The van der Waals surface area contributed by atoms with Gasteiger partial charge < -0.3 is 14.9 Å². The molecule has 40 heavy (non-hydrogen) atoms. The first-order valence-corrected chi connectivity index (χ1v) is 12.3. The molecule has 2 aromatic rings. The smallest absolute Gasteiger partial charge is 0.350 e. The molecule has 12 heteroatoms.